The highest BCUT2D eigenvalue weighted by molar-refractivity contribution is 6.03. The largest absolute Gasteiger partial charge is 0.478 e. The number of fused-ring (bicyclic) bond motifs is 4. The second-order valence-electron chi connectivity index (χ2n) is 41.9. The fourth-order valence-corrected chi connectivity index (χ4v) is 19.7. The summed E-state index contributed by atoms with van der Waals surface area (Å²) in [5, 5.41) is 37.9. The number of nitrogens with one attached hydrogen (secondary N) is 4. The van der Waals surface area contributed by atoms with Gasteiger partial charge in [-0.15, -0.1) is 0 Å². The summed E-state index contributed by atoms with van der Waals surface area (Å²) < 4.78 is 27.4. The predicted octanol–water partition coefficient (Wildman–Crippen LogP) is 16.3. The number of carboxylic acid groups (broad SMARTS) is 4. The monoisotopic (exact) mass is 1990 g/mol. The first-order chi connectivity index (χ1) is 68.9. The third kappa shape index (κ3) is 27.4. The van der Waals surface area contributed by atoms with Crippen LogP contribution in [-0.2, 0) is 44.9 Å². The first kappa shape index (κ1) is 108. The molecule has 0 bridgehead atoms. The van der Waals surface area contributed by atoms with Crippen LogP contribution in [0.2, 0.25) is 0 Å². The van der Waals surface area contributed by atoms with Crippen molar-refractivity contribution in [3.63, 3.8) is 0 Å². The summed E-state index contributed by atoms with van der Waals surface area (Å²) in [6.07, 6.45) is 7.04. The highest BCUT2D eigenvalue weighted by Crippen LogP contribution is 2.36. The molecule has 146 heavy (non-hydrogen) atoms. The zero-order valence-electron chi connectivity index (χ0n) is 83.9. The highest BCUT2D eigenvalue weighted by Gasteiger charge is 2.38. The van der Waals surface area contributed by atoms with E-state index in [0.29, 0.717) is 232 Å². The van der Waals surface area contributed by atoms with Crippen molar-refractivity contribution in [3.05, 3.63) is 301 Å². The predicted molar refractivity (Wildman–Crippen MR) is 545 cm³/mol. The molecule has 0 atom stereocenters. The Bertz CT molecular complexity index is 7340. The fraction of sp³-hybridized carbons (Fsp3) is 0.393. The molecule has 34 heteroatoms. The normalized spacial score (nSPS) is 14.7. The molecule has 4 amide bonds. The van der Waals surface area contributed by atoms with E-state index in [1.54, 1.807) is 82.0 Å². The van der Waals surface area contributed by atoms with Gasteiger partial charge < -0.3 is 60.0 Å². The Kier molecular flexibility index (Phi) is 33.8. The molecule has 8 N–H and O–H groups in total. The SMILES string of the molecule is Cc1cc(F)cc2c(=O)[nH]c(CC(C)(C)CC(=O)N3CCC(C(=O)c4ccc(C(=O)O)cc4)CC3)nc12.Cc1cc(F)cc2c(=O)[nH]c(CC(C)(C)CC(=O)N3CCC(C(=O)c4cccc(C(=O)O)c4)CC3)nc12.Cc1cccc2c(=O)[nH]c(CC(C)(C)CC(=O)N3CCC(C(=O)c4ccc(C(=O)O)cc4)CC3)nc12.Cc1cccc2c(=O)[nH]c(CC(C)(C)CC(=O)N3CCC(C(=O)c4cccc(C(=O)O)c4)CC3)nc12. The van der Waals surface area contributed by atoms with E-state index < -0.39 is 68.3 Å². The van der Waals surface area contributed by atoms with Gasteiger partial charge >= 0.3 is 23.9 Å². The van der Waals surface area contributed by atoms with E-state index >= 15 is 0 Å². The number of carboxylic acids is 4. The second-order valence-corrected chi connectivity index (χ2v) is 41.9. The van der Waals surface area contributed by atoms with Crippen LogP contribution >= 0.6 is 0 Å². The molecule has 0 radical (unpaired) electrons. The van der Waals surface area contributed by atoms with Crippen LogP contribution < -0.4 is 22.2 Å². The minimum absolute atomic E-state index is 0.0121. The average Bonchev–Trinajstić information content (AvgIpc) is 0.792. The van der Waals surface area contributed by atoms with Crippen LogP contribution in [0.3, 0.4) is 0 Å². The van der Waals surface area contributed by atoms with E-state index in [0.717, 1.165) is 11.1 Å². The zero-order chi connectivity index (χ0) is 106. The van der Waals surface area contributed by atoms with Crippen molar-refractivity contribution in [1.29, 1.82) is 0 Å². The molecule has 16 rings (SSSR count). The van der Waals surface area contributed by atoms with Crippen molar-refractivity contribution in [1.82, 2.24) is 59.5 Å². The van der Waals surface area contributed by atoms with Crippen LogP contribution in [0.25, 0.3) is 43.6 Å². The molecular formula is C112H122F2N12O20. The van der Waals surface area contributed by atoms with Gasteiger partial charge in [-0.2, -0.15) is 0 Å². The number of aromatic amines is 4. The van der Waals surface area contributed by atoms with E-state index in [4.69, 9.17) is 10.2 Å². The number of nitrogens with zero attached hydrogens (tertiary/aromatic N) is 8. The van der Waals surface area contributed by atoms with Crippen LogP contribution in [0.15, 0.2) is 177 Å². The molecule has 4 aliphatic rings. The molecule has 8 heterocycles. The number of rotatable bonds is 28. The van der Waals surface area contributed by atoms with Gasteiger partial charge in [-0.1, -0.05) is 128 Å². The van der Waals surface area contributed by atoms with Gasteiger partial charge in [0.05, 0.1) is 65.9 Å². The van der Waals surface area contributed by atoms with Crippen molar-refractivity contribution in [2.75, 3.05) is 52.4 Å². The molecule has 0 unspecified atom stereocenters. The van der Waals surface area contributed by atoms with Crippen LogP contribution in [0.4, 0.5) is 8.78 Å². The lowest BCUT2D eigenvalue weighted by molar-refractivity contribution is -0.135. The van der Waals surface area contributed by atoms with Gasteiger partial charge in [0.2, 0.25) is 23.6 Å². The van der Waals surface area contributed by atoms with Gasteiger partial charge in [-0.3, -0.25) is 57.5 Å². The van der Waals surface area contributed by atoms with Gasteiger partial charge in [-0.05, 0) is 208 Å². The molecule has 4 aromatic heterocycles. The molecule has 8 aromatic carbocycles. The number of amides is 4. The molecule has 12 aromatic rings. The van der Waals surface area contributed by atoms with Crippen LogP contribution in [-0.4, -0.2) is 203 Å². The van der Waals surface area contributed by atoms with Crippen molar-refractivity contribution < 1.29 is 86.7 Å². The Labute approximate surface area is 840 Å². The number of Topliss-reactive ketones (excluding diaryl/α,β-unsaturated/α-hetero) is 4. The number of H-pyrrole nitrogens is 4. The zero-order valence-corrected chi connectivity index (χ0v) is 83.9. The summed E-state index contributed by atoms with van der Waals surface area (Å²) in [7, 11) is 0. The second kappa shape index (κ2) is 45.7. The molecule has 4 saturated heterocycles. The Morgan fingerprint density at radius 2 is 0.507 bits per heavy atom. The van der Waals surface area contributed by atoms with Gasteiger partial charge in [0.25, 0.3) is 22.2 Å². The molecule has 0 spiro atoms. The third-order valence-electron chi connectivity index (χ3n) is 27.6. The number of aromatic carboxylic acids is 4. The van der Waals surface area contributed by atoms with E-state index in [1.807, 2.05) is 93.5 Å². The van der Waals surface area contributed by atoms with E-state index in [-0.39, 0.29) is 127 Å². The van der Waals surface area contributed by atoms with Crippen molar-refractivity contribution in [3.8, 4) is 0 Å². The Morgan fingerprint density at radius 1 is 0.288 bits per heavy atom. The Morgan fingerprint density at radius 3 is 0.760 bits per heavy atom. The maximum atomic E-state index is 13.7. The van der Waals surface area contributed by atoms with Gasteiger partial charge in [0.15, 0.2) is 23.1 Å². The average molecular weight is 1990 g/mol. The number of carbonyl (C=O) groups is 12. The van der Waals surface area contributed by atoms with Gasteiger partial charge in [-0.25, -0.2) is 47.9 Å². The number of hydrogen-bond donors (Lipinski definition) is 8. The molecular weight excluding hydrogens is 1870 g/mol. The molecule has 764 valence electrons. The lowest BCUT2D eigenvalue weighted by Gasteiger charge is -2.34. The number of ketones is 4. The maximum absolute atomic E-state index is 13.7. The molecule has 4 fully saturated rings. The first-order valence-corrected chi connectivity index (χ1v) is 48.9. The molecule has 0 aliphatic carbocycles. The number of halogens is 2. The van der Waals surface area contributed by atoms with E-state index in [2.05, 4.69) is 39.9 Å². The standard InChI is InChI=1S/2C28H30FN3O5.2C28H31N3O5/c1-16-12-20(29)13-21-24(16)30-22(31-26(21)35)14-28(2,3)15-23(33)32-10-8-18(9-11-32)25(34)17-4-6-19(7-5-17)27(36)37;1-16-11-20(29)13-21-24(16)30-22(31-26(21)35)14-28(2,3)15-23(33)32-9-7-17(8-10-32)25(34)18-5-4-6-19(12-18)27(36)37;1-17-6-4-9-21-24(17)29-22(30-26(21)34)15-28(2,3)16-23(32)31-12-10-18(11-13-31)25(33)19-7-5-8-20(14-19)27(35)36;1-17-5-4-6-21-24(17)29-22(30-26(21)34)15-28(2,3)16-23(32)31-13-11-19(12-14-31)25(33)18-7-9-20(10-8-18)27(35)36/h4-7,12-13,18H,8-11,14-15H2,1-3H3,(H,36,37)(H,30,31,35);4-6,11-13,17H,7-10,14-15H2,1-3H3,(H,36,37)(H,30,31,35);4-9,14,18H,10-13,15-16H2,1-3H3,(H,35,36)(H,29,30,34);4-10,19H,11-16H2,1-3H3,(H,35,36)(H,29,30,34). The van der Waals surface area contributed by atoms with Crippen molar-refractivity contribution in [2.24, 2.45) is 45.3 Å². The summed E-state index contributed by atoms with van der Waals surface area (Å²) in [6, 6.07) is 40.1. The quantitative estimate of drug-likeness (QED) is 0.0211. The fourth-order valence-electron chi connectivity index (χ4n) is 19.7. The Hall–Kier alpha value is -15.4. The number of aromatic nitrogens is 8. The van der Waals surface area contributed by atoms with Crippen molar-refractivity contribution >= 4 is 114 Å². The topological polar surface area (TPSA) is 482 Å². The molecule has 0 saturated carbocycles. The first-order valence-electron chi connectivity index (χ1n) is 48.9. The van der Waals surface area contributed by atoms with Crippen LogP contribution in [0.5, 0.6) is 0 Å². The van der Waals surface area contributed by atoms with Crippen LogP contribution in [0.1, 0.15) is 261 Å². The van der Waals surface area contributed by atoms with Gasteiger partial charge in [0.1, 0.15) is 34.9 Å². The lowest BCUT2D eigenvalue weighted by Crippen LogP contribution is -2.42. The maximum Gasteiger partial charge on any atom is 0.335 e. The summed E-state index contributed by atoms with van der Waals surface area (Å²) in [5.41, 5.74) is 4.46. The number of benzene rings is 8. The number of hydrogen-bond acceptors (Lipinski definition) is 20. The Balaban J connectivity index is 0.000000163. The molecule has 4 aliphatic heterocycles. The number of piperidine rings is 4. The highest BCUT2D eigenvalue weighted by atomic mass is 19.1. The van der Waals surface area contributed by atoms with Crippen molar-refractivity contribution in [2.45, 2.75) is 186 Å². The van der Waals surface area contributed by atoms with Crippen LogP contribution in [0, 0.1) is 84.7 Å². The summed E-state index contributed by atoms with van der Waals surface area (Å²) in [5.74, 6) is -4.32. The summed E-state index contributed by atoms with van der Waals surface area (Å²) in [4.78, 5) is 235. The number of carbonyl (C=O) groups excluding carboxylic acids is 8. The minimum Gasteiger partial charge on any atom is -0.478 e. The van der Waals surface area contributed by atoms with E-state index in [9.17, 15) is 95.7 Å². The third-order valence-corrected chi connectivity index (χ3v) is 27.6. The number of likely N-dealkylation sites (tertiary alicyclic amines) is 4. The summed E-state index contributed by atoms with van der Waals surface area (Å²) >= 11 is 0. The number of aryl methyl sites for hydroxylation is 4. The minimum atomic E-state index is -1.08. The van der Waals surface area contributed by atoms with Gasteiger partial charge in [0, 0.05) is 150 Å². The lowest BCUT2D eigenvalue weighted by atomic mass is 9.83. The summed E-state index contributed by atoms with van der Waals surface area (Å²) in [6.45, 7) is 26.7. The molecule has 32 nitrogen and oxygen atoms in total. The number of para-hydroxylation sites is 2. The smallest absolute Gasteiger partial charge is 0.335 e. The van der Waals surface area contributed by atoms with E-state index in [1.165, 1.54) is 84.9 Å².